The summed E-state index contributed by atoms with van der Waals surface area (Å²) in [4.78, 5) is 81.6. The van der Waals surface area contributed by atoms with E-state index < -0.39 is 0 Å². The van der Waals surface area contributed by atoms with Crippen molar-refractivity contribution in [3.05, 3.63) is 132 Å². The lowest BCUT2D eigenvalue weighted by atomic mass is 9.85. The van der Waals surface area contributed by atoms with Gasteiger partial charge in [-0.3, -0.25) is 28.8 Å². The maximum absolute atomic E-state index is 13.2. The van der Waals surface area contributed by atoms with Crippen LogP contribution in [0.2, 0.25) is 0 Å². The Morgan fingerprint density at radius 2 is 0.840 bits per heavy atom. The fraction of sp³-hybridized carbons (Fsp3) is 0.238. The number of amides is 4. The largest absolute Gasteiger partial charge is 0.289 e. The standard InChI is InChI=1S/C42H32N2O6/c45-33(25-3-1-5-31(21-25)43-39(47)35-27-13-14-28(19-27)36(35)40(43)48)17-11-23-7-9-24(10-8-23)12-18-34(46)26-4-2-6-32(22-26)44-41(49)37-29-15-16-30(20-29)38(37)42(44)50/h1-18,21-22,27-30,35-38H,19-20H2/b17-11+,18-12+/t27-,28-,29-,30-,35-,36+,37+,38+/m0/s1. The van der Waals surface area contributed by atoms with E-state index in [1.165, 1.54) is 22.0 Å². The molecule has 0 radical (unpaired) electrons. The number of hydrogen-bond acceptors (Lipinski definition) is 6. The van der Waals surface area contributed by atoms with Crippen molar-refractivity contribution in [3.63, 3.8) is 0 Å². The molecule has 6 aliphatic rings. The first-order valence-corrected chi connectivity index (χ1v) is 17.1. The van der Waals surface area contributed by atoms with E-state index in [0.717, 1.165) is 24.0 Å². The number of carbonyl (C=O) groups is 6. The van der Waals surface area contributed by atoms with E-state index in [-0.39, 0.29) is 82.5 Å². The number of anilines is 2. The van der Waals surface area contributed by atoms with Crippen LogP contribution in [0.4, 0.5) is 11.4 Å². The van der Waals surface area contributed by atoms with Gasteiger partial charge in [-0.2, -0.15) is 0 Å². The van der Waals surface area contributed by atoms with E-state index in [1.54, 1.807) is 60.7 Å². The monoisotopic (exact) mass is 660 g/mol. The highest BCUT2D eigenvalue weighted by molar-refractivity contribution is 6.24. The number of fused-ring (bicyclic) bond motifs is 10. The van der Waals surface area contributed by atoms with Gasteiger partial charge in [0.25, 0.3) is 0 Å². The zero-order valence-electron chi connectivity index (χ0n) is 26.9. The Hall–Kier alpha value is -5.76. The van der Waals surface area contributed by atoms with Gasteiger partial charge in [0.05, 0.1) is 35.0 Å². The molecule has 0 unspecified atom stereocenters. The summed E-state index contributed by atoms with van der Waals surface area (Å²) in [5.41, 5.74) is 3.17. The van der Waals surface area contributed by atoms with E-state index in [1.807, 2.05) is 24.3 Å². The number of imide groups is 2. The normalized spacial score (nSPS) is 30.2. The quantitative estimate of drug-likeness (QED) is 0.125. The molecule has 8 atom stereocenters. The smallest absolute Gasteiger partial charge is 0.238 e. The summed E-state index contributed by atoms with van der Waals surface area (Å²) in [6.07, 6.45) is 16.2. The first-order chi connectivity index (χ1) is 24.3. The van der Waals surface area contributed by atoms with Crippen LogP contribution >= 0.6 is 0 Å². The number of benzene rings is 3. The van der Waals surface area contributed by atoms with Crippen molar-refractivity contribution < 1.29 is 28.8 Å². The molecule has 3 aromatic carbocycles. The number of hydrogen-bond donors (Lipinski definition) is 0. The predicted molar refractivity (Wildman–Crippen MR) is 186 cm³/mol. The van der Waals surface area contributed by atoms with Crippen LogP contribution < -0.4 is 9.80 Å². The SMILES string of the molecule is O=C(/C=C/c1ccc(/C=C/C(=O)c2cccc(N3C(=O)[C@H]4[C@H](C3=O)[C@H]3C=C[C@H]4C3)c2)cc1)c1cccc(N2C(=O)[C@@H]3[C@H](C2=O)[C@H]2C=C[C@H]3C2)c1. The molecule has 50 heavy (non-hydrogen) atoms. The number of carbonyl (C=O) groups excluding carboxylic acids is 6. The first-order valence-electron chi connectivity index (χ1n) is 17.1. The van der Waals surface area contributed by atoms with Gasteiger partial charge in [-0.15, -0.1) is 0 Å². The first kappa shape index (κ1) is 30.3. The van der Waals surface area contributed by atoms with E-state index in [9.17, 15) is 28.8 Å². The van der Waals surface area contributed by atoms with Crippen LogP contribution in [-0.2, 0) is 19.2 Å². The molecule has 3 aromatic rings. The molecular weight excluding hydrogens is 628 g/mol. The van der Waals surface area contributed by atoms with Gasteiger partial charge < -0.3 is 0 Å². The summed E-state index contributed by atoms with van der Waals surface area (Å²) in [6, 6.07) is 20.6. The van der Waals surface area contributed by atoms with Gasteiger partial charge >= 0.3 is 0 Å². The molecule has 4 fully saturated rings. The van der Waals surface area contributed by atoms with Crippen LogP contribution in [0.3, 0.4) is 0 Å². The van der Waals surface area contributed by atoms with Gasteiger partial charge in [-0.1, -0.05) is 85.0 Å². The second-order valence-electron chi connectivity index (χ2n) is 14.2. The molecule has 4 aliphatic carbocycles. The van der Waals surface area contributed by atoms with Crippen molar-refractivity contribution in [3.8, 4) is 0 Å². The number of allylic oxidation sites excluding steroid dienone is 6. The molecule has 0 N–H and O–H groups in total. The highest BCUT2D eigenvalue weighted by Crippen LogP contribution is 2.54. The number of rotatable bonds is 8. The third-order valence-corrected chi connectivity index (χ3v) is 11.5. The van der Waals surface area contributed by atoms with Crippen LogP contribution in [-0.4, -0.2) is 35.2 Å². The van der Waals surface area contributed by atoms with E-state index in [0.29, 0.717) is 22.5 Å². The molecule has 2 aliphatic heterocycles. The van der Waals surface area contributed by atoms with Crippen LogP contribution in [0, 0.1) is 47.3 Å². The van der Waals surface area contributed by atoms with Crippen LogP contribution in [0.5, 0.6) is 0 Å². The topological polar surface area (TPSA) is 109 Å². The Morgan fingerprint density at radius 3 is 1.18 bits per heavy atom. The summed E-state index contributed by atoms with van der Waals surface area (Å²) in [5.74, 6) is -1.95. The maximum Gasteiger partial charge on any atom is 0.238 e. The molecule has 4 amide bonds. The number of ketones is 2. The summed E-state index contributed by atoms with van der Waals surface area (Å²) in [6.45, 7) is 0. The molecule has 9 rings (SSSR count). The maximum atomic E-state index is 13.2. The Morgan fingerprint density at radius 1 is 0.500 bits per heavy atom. The van der Waals surface area contributed by atoms with Gasteiger partial charge in [0.2, 0.25) is 23.6 Å². The lowest BCUT2D eigenvalue weighted by molar-refractivity contribution is -0.124. The highest BCUT2D eigenvalue weighted by Gasteiger charge is 2.60. The van der Waals surface area contributed by atoms with Crippen LogP contribution in [0.1, 0.15) is 44.7 Å². The Bertz CT molecular complexity index is 1950. The van der Waals surface area contributed by atoms with Gasteiger partial charge in [0.15, 0.2) is 11.6 Å². The highest BCUT2D eigenvalue weighted by atomic mass is 16.2. The second kappa shape index (κ2) is 11.4. The molecule has 4 bridgehead atoms. The fourth-order valence-corrected chi connectivity index (χ4v) is 9.16. The average molecular weight is 661 g/mol. The molecule has 8 nitrogen and oxygen atoms in total. The Kier molecular flexibility index (Phi) is 6.91. The van der Waals surface area contributed by atoms with Gasteiger partial charge in [0, 0.05) is 11.1 Å². The van der Waals surface area contributed by atoms with Crippen molar-refractivity contribution in [1.82, 2.24) is 0 Å². The molecule has 0 spiro atoms. The van der Waals surface area contributed by atoms with Gasteiger partial charge in [0.1, 0.15) is 0 Å². The summed E-state index contributed by atoms with van der Waals surface area (Å²) in [7, 11) is 0. The molecule has 2 heterocycles. The second-order valence-corrected chi connectivity index (χ2v) is 14.2. The van der Waals surface area contributed by atoms with Crippen molar-refractivity contribution >= 4 is 58.7 Å². The van der Waals surface area contributed by atoms with Crippen molar-refractivity contribution in [2.75, 3.05) is 9.80 Å². The third kappa shape index (κ3) is 4.65. The Balaban J connectivity index is 0.841. The predicted octanol–water partition coefficient (Wildman–Crippen LogP) is 6.10. The minimum atomic E-state index is -0.300. The Labute approximate surface area is 288 Å². The zero-order chi connectivity index (χ0) is 34.3. The molecule has 2 saturated heterocycles. The summed E-state index contributed by atoms with van der Waals surface area (Å²) >= 11 is 0. The van der Waals surface area contributed by atoms with Crippen LogP contribution in [0.25, 0.3) is 12.2 Å². The molecule has 0 aromatic heterocycles. The van der Waals surface area contributed by atoms with E-state index in [4.69, 9.17) is 0 Å². The molecular formula is C42H32N2O6. The average Bonchev–Trinajstić information content (AvgIpc) is 3.99. The van der Waals surface area contributed by atoms with Crippen LogP contribution in [0.15, 0.2) is 109 Å². The summed E-state index contributed by atoms with van der Waals surface area (Å²) in [5, 5.41) is 0. The molecule has 2 saturated carbocycles. The van der Waals surface area contributed by atoms with Gasteiger partial charge in [-0.25, -0.2) is 9.80 Å². The van der Waals surface area contributed by atoms with E-state index >= 15 is 0 Å². The zero-order valence-corrected chi connectivity index (χ0v) is 26.9. The third-order valence-electron chi connectivity index (χ3n) is 11.5. The van der Waals surface area contributed by atoms with Crippen molar-refractivity contribution in [2.45, 2.75) is 12.8 Å². The lowest BCUT2D eigenvalue weighted by Crippen LogP contribution is -2.32. The minimum absolute atomic E-state index is 0.118. The number of nitrogens with zero attached hydrogens (tertiary/aromatic N) is 2. The fourth-order valence-electron chi connectivity index (χ4n) is 9.16. The van der Waals surface area contributed by atoms with E-state index in [2.05, 4.69) is 24.3 Å². The van der Waals surface area contributed by atoms with Crippen molar-refractivity contribution in [2.24, 2.45) is 47.3 Å². The minimum Gasteiger partial charge on any atom is -0.289 e. The molecule has 8 heteroatoms. The lowest BCUT2D eigenvalue weighted by Gasteiger charge is -2.17. The van der Waals surface area contributed by atoms with Gasteiger partial charge in [-0.05, 0) is 84.1 Å². The van der Waals surface area contributed by atoms with Crippen molar-refractivity contribution in [1.29, 1.82) is 0 Å². The summed E-state index contributed by atoms with van der Waals surface area (Å²) < 4.78 is 0. The molecule has 246 valence electrons.